The molecule has 0 bridgehead atoms. The summed E-state index contributed by atoms with van der Waals surface area (Å²) < 4.78 is 11.0. The van der Waals surface area contributed by atoms with Gasteiger partial charge in [0, 0.05) is 35.5 Å². The third kappa shape index (κ3) is 3.31. The number of aromatic amines is 1. The van der Waals surface area contributed by atoms with Gasteiger partial charge in [-0.25, -0.2) is 4.98 Å². The average Bonchev–Trinajstić information content (AvgIpc) is 3.23. The van der Waals surface area contributed by atoms with Crippen molar-refractivity contribution in [3.05, 3.63) is 58.9 Å². The number of carbonyl (C=O) groups excluding carboxylic acids is 1. The number of rotatable bonds is 5. The molecule has 0 atom stereocenters. The zero-order chi connectivity index (χ0) is 24.2. The maximum Gasteiger partial charge on any atom is 0.255 e. The molecule has 0 unspecified atom stereocenters. The first-order valence-corrected chi connectivity index (χ1v) is 11.9. The molecule has 1 saturated carbocycles. The molecule has 4 aromatic rings. The highest BCUT2D eigenvalue weighted by Crippen LogP contribution is 2.51. The van der Waals surface area contributed by atoms with Crippen LogP contribution in [0.1, 0.15) is 35.3 Å². The lowest BCUT2D eigenvalue weighted by atomic mass is 9.64. The number of methoxy groups -OCH3 is 2. The maximum atomic E-state index is 13.3. The Morgan fingerprint density at radius 2 is 1.97 bits per heavy atom. The fourth-order valence-corrected chi connectivity index (χ4v) is 5.43. The van der Waals surface area contributed by atoms with Gasteiger partial charge in [-0.1, -0.05) is 24.1 Å². The van der Waals surface area contributed by atoms with Crippen LogP contribution in [0.15, 0.2) is 42.6 Å². The highest BCUT2D eigenvalue weighted by Gasteiger charge is 2.47. The van der Waals surface area contributed by atoms with Crippen molar-refractivity contribution in [1.82, 2.24) is 20.3 Å². The summed E-state index contributed by atoms with van der Waals surface area (Å²) in [5.41, 5.74) is 5.76. The second kappa shape index (κ2) is 8.16. The molecule has 1 aliphatic heterocycles. The molecule has 1 spiro atoms. The number of carbonyl (C=O) groups is 1. The highest BCUT2D eigenvalue weighted by molar-refractivity contribution is 6.32. The van der Waals surface area contributed by atoms with Crippen LogP contribution in [0.4, 0.5) is 11.4 Å². The molecule has 1 aliphatic carbocycles. The van der Waals surface area contributed by atoms with E-state index in [1.165, 1.54) is 0 Å². The lowest BCUT2D eigenvalue weighted by Gasteiger charge is -2.44. The molecule has 0 radical (unpaired) electrons. The Morgan fingerprint density at radius 1 is 1.11 bits per heavy atom. The Kier molecular flexibility index (Phi) is 5.07. The van der Waals surface area contributed by atoms with Gasteiger partial charge in [-0.05, 0) is 37.1 Å². The summed E-state index contributed by atoms with van der Waals surface area (Å²) in [7, 11) is 3.16. The van der Waals surface area contributed by atoms with Crippen LogP contribution in [-0.2, 0) is 5.41 Å². The van der Waals surface area contributed by atoms with Crippen LogP contribution < -0.4 is 20.1 Å². The molecule has 1 fully saturated rings. The van der Waals surface area contributed by atoms with Crippen molar-refractivity contribution in [2.75, 3.05) is 26.1 Å². The zero-order valence-corrected chi connectivity index (χ0v) is 20.1. The molecule has 6 rings (SSSR count). The third-order valence-corrected chi connectivity index (χ3v) is 7.42. The van der Waals surface area contributed by atoms with Gasteiger partial charge in [-0.15, -0.1) is 0 Å². The van der Waals surface area contributed by atoms with Gasteiger partial charge in [-0.3, -0.25) is 9.78 Å². The minimum Gasteiger partial charge on any atom is -0.493 e. The minimum atomic E-state index is -0.118. The topological polar surface area (TPSA) is 101 Å². The Labute approximate surface area is 207 Å². The van der Waals surface area contributed by atoms with E-state index < -0.39 is 0 Å². The summed E-state index contributed by atoms with van der Waals surface area (Å²) in [5.74, 6) is 0.874. The average molecular weight is 490 g/mol. The molecule has 4 heterocycles. The van der Waals surface area contributed by atoms with Gasteiger partial charge in [0.25, 0.3) is 5.91 Å². The smallest absolute Gasteiger partial charge is 0.255 e. The molecular formula is C26H24ClN5O3. The summed E-state index contributed by atoms with van der Waals surface area (Å²) >= 11 is 6.40. The van der Waals surface area contributed by atoms with Gasteiger partial charge < -0.3 is 25.1 Å². The molecular weight excluding hydrogens is 466 g/mol. The fraction of sp³-hybridized carbons (Fsp3) is 0.269. The van der Waals surface area contributed by atoms with Gasteiger partial charge in [0.05, 0.1) is 47.4 Å². The first-order valence-electron chi connectivity index (χ1n) is 11.5. The quantitative estimate of drug-likeness (QED) is 0.356. The van der Waals surface area contributed by atoms with Crippen molar-refractivity contribution in [2.24, 2.45) is 0 Å². The lowest BCUT2D eigenvalue weighted by molar-refractivity contribution is 0.0894. The number of hydrogen-bond donors (Lipinski definition) is 3. The molecule has 1 amide bonds. The number of halogens is 1. The molecule has 2 aliphatic rings. The maximum absolute atomic E-state index is 13.3. The van der Waals surface area contributed by atoms with Crippen molar-refractivity contribution in [1.29, 1.82) is 0 Å². The number of ether oxygens (including phenoxy) is 2. The van der Waals surface area contributed by atoms with E-state index in [2.05, 4.69) is 25.6 Å². The van der Waals surface area contributed by atoms with E-state index in [1.807, 2.05) is 24.3 Å². The minimum absolute atomic E-state index is 0.0930. The number of anilines is 2. The Bertz CT molecular complexity index is 1480. The second-order valence-electron chi connectivity index (χ2n) is 8.97. The summed E-state index contributed by atoms with van der Waals surface area (Å²) in [5, 5.41) is 7.06. The van der Waals surface area contributed by atoms with Crippen LogP contribution >= 0.6 is 11.6 Å². The predicted octanol–water partition coefficient (Wildman–Crippen LogP) is 5.20. The van der Waals surface area contributed by atoms with Gasteiger partial charge in [0.15, 0.2) is 5.75 Å². The molecule has 3 aromatic heterocycles. The van der Waals surface area contributed by atoms with E-state index >= 15 is 0 Å². The number of pyridine rings is 2. The zero-order valence-electron chi connectivity index (χ0n) is 19.4. The molecule has 0 saturated heterocycles. The lowest BCUT2D eigenvalue weighted by Crippen LogP contribution is -2.50. The van der Waals surface area contributed by atoms with E-state index in [0.29, 0.717) is 45.7 Å². The van der Waals surface area contributed by atoms with Crippen LogP contribution in [0.25, 0.3) is 22.3 Å². The molecule has 8 nitrogen and oxygen atoms in total. The summed E-state index contributed by atoms with van der Waals surface area (Å²) in [6, 6.07) is 11.0. The van der Waals surface area contributed by atoms with Gasteiger partial charge >= 0.3 is 0 Å². The molecule has 178 valence electrons. The molecule has 35 heavy (non-hydrogen) atoms. The molecule has 9 heteroatoms. The number of fused-ring (bicyclic) bond motifs is 3. The Morgan fingerprint density at radius 3 is 2.71 bits per heavy atom. The van der Waals surface area contributed by atoms with E-state index in [4.69, 9.17) is 21.1 Å². The SMILES string of the molecule is COc1ccc2nccc(-c3[nH]c4c(c3Nc3cccc(Cl)c3OC)C(=O)NCC43CCC3)c2n1. The predicted molar refractivity (Wildman–Crippen MR) is 135 cm³/mol. The third-order valence-electron chi connectivity index (χ3n) is 7.12. The van der Waals surface area contributed by atoms with Gasteiger partial charge in [0.1, 0.15) is 5.52 Å². The van der Waals surface area contributed by atoms with Crippen LogP contribution in [0, 0.1) is 0 Å². The van der Waals surface area contributed by atoms with Gasteiger partial charge in [0.2, 0.25) is 5.88 Å². The van der Waals surface area contributed by atoms with E-state index in [1.54, 1.807) is 32.5 Å². The van der Waals surface area contributed by atoms with Crippen LogP contribution in [0.2, 0.25) is 5.02 Å². The van der Waals surface area contributed by atoms with Gasteiger partial charge in [-0.2, -0.15) is 0 Å². The Hall–Kier alpha value is -3.78. The molecule has 3 N–H and O–H groups in total. The summed E-state index contributed by atoms with van der Waals surface area (Å²) in [6.45, 7) is 0.627. The first kappa shape index (κ1) is 21.7. The monoisotopic (exact) mass is 489 g/mol. The number of H-pyrrole nitrogens is 1. The summed E-state index contributed by atoms with van der Waals surface area (Å²) in [6.07, 6.45) is 4.91. The number of amides is 1. The van der Waals surface area contributed by atoms with Crippen LogP contribution in [0.5, 0.6) is 11.6 Å². The number of nitrogens with one attached hydrogen (secondary N) is 3. The van der Waals surface area contributed by atoms with Crippen molar-refractivity contribution < 1.29 is 14.3 Å². The summed E-state index contributed by atoms with van der Waals surface area (Å²) in [4.78, 5) is 26.1. The number of benzene rings is 1. The second-order valence-corrected chi connectivity index (χ2v) is 9.37. The van der Waals surface area contributed by atoms with Crippen molar-refractivity contribution in [2.45, 2.75) is 24.7 Å². The van der Waals surface area contributed by atoms with E-state index in [9.17, 15) is 4.79 Å². The highest BCUT2D eigenvalue weighted by atomic mass is 35.5. The van der Waals surface area contributed by atoms with Crippen molar-refractivity contribution in [3.8, 4) is 22.9 Å². The fourth-order valence-electron chi connectivity index (χ4n) is 5.18. The van der Waals surface area contributed by atoms with Crippen LogP contribution in [0.3, 0.4) is 0 Å². The number of aromatic nitrogens is 3. The van der Waals surface area contributed by atoms with Crippen LogP contribution in [-0.4, -0.2) is 41.6 Å². The number of para-hydroxylation sites is 1. The van der Waals surface area contributed by atoms with E-state index in [-0.39, 0.29) is 11.3 Å². The molecule has 1 aromatic carbocycles. The van der Waals surface area contributed by atoms with Crippen molar-refractivity contribution >= 4 is 39.9 Å². The van der Waals surface area contributed by atoms with Crippen molar-refractivity contribution in [3.63, 3.8) is 0 Å². The number of nitrogens with zero attached hydrogens (tertiary/aromatic N) is 2. The Balaban J connectivity index is 1.63. The number of hydrogen-bond acceptors (Lipinski definition) is 6. The largest absolute Gasteiger partial charge is 0.493 e. The standard InChI is InChI=1S/C26H24ClN5O3/c1-34-18-8-7-16-20(31-18)14(9-12-28-16)21-22(30-17-6-3-5-15(27)23(17)35-2)19-24(32-21)26(10-4-11-26)13-29-25(19)33/h3,5-9,12,30,32H,4,10-11,13H2,1-2H3,(H,29,33). The van der Waals surface area contributed by atoms with E-state index in [0.717, 1.165) is 41.7 Å². The normalized spacial score (nSPS) is 15.9. The first-order chi connectivity index (χ1) is 17.0.